The lowest BCUT2D eigenvalue weighted by Crippen LogP contribution is -2.58. The standard InChI is InChI=1S/C44H64O14/c1-23-14-15-43(52-21-23)20-31-17-30(58-43)13-12-25(3)39(24(2)10-9-11-29-22-51-41-37(45)26(4)16-32(42(47)55-31)44(29,41)48)56-36-19-34(50-8)40(28(6)54-36)57-35-18-33(49-7)38(46)27(5)53-35/h9-12,14-16,23-24,27-28,30-41,45-46,48H,13,17-22H2,1-8H3/b10-9+,25-12+,29-11+/t23-,24-,27-,28-,30+,31-,32-,33-,34-,35-,36-,37+,38-,39-,40-,41+,43-,44+/m0/s1. The molecule has 58 heavy (non-hydrogen) atoms. The molecule has 18 atom stereocenters. The van der Waals surface area contributed by atoms with Crippen molar-refractivity contribution in [2.45, 2.75) is 165 Å². The number of esters is 1. The van der Waals surface area contributed by atoms with Crippen LogP contribution in [0.25, 0.3) is 0 Å². The quantitative estimate of drug-likeness (QED) is 0.260. The van der Waals surface area contributed by atoms with Gasteiger partial charge in [-0.1, -0.05) is 50.3 Å². The molecule has 0 aromatic carbocycles. The predicted molar refractivity (Wildman–Crippen MR) is 209 cm³/mol. The minimum absolute atomic E-state index is 0.0347. The predicted octanol–water partition coefficient (Wildman–Crippen LogP) is 3.96. The summed E-state index contributed by atoms with van der Waals surface area (Å²) < 4.78 is 62.5. The van der Waals surface area contributed by atoms with Gasteiger partial charge in [0.15, 0.2) is 18.4 Å². The summed E-state index contributed by atoms with van der Waals surface area (Å²) in [7, 11) is 3.21. The molecule has 14 heteroatoms. The Hall–Kier alpha value is -2.31. The fourth-order valence-corrected chi connectivity index (χ4v) is 9.61. The van der Waals surface area contributed by atoms with Crippen LogP contribution in [0.15, 0.2) is 59.3 Å². The van der Waals surface area contributed by atoms with E-state index in [0.717, 1.165) is 5.57 Å². The molecule has 1 spiro atoms. The molecule has 4 fully saturated rings. The van der Waals surface area contributed by atoms with Crippen molar-refractivity contribution in [3.63, 3.8) is 0 Å². The fourth-order valence-electron chi connectivity index (χ4n) is 9.61. The molecular formula is C44H64O14. The molecule has 3 N–H and O–H groups in total. The average Bonchev–Trinajstić information content (AvgIpc) is 3.53. The second-order valence-corrected chi connectivity index (χ2v) is 17.4. The first-order chi connectivity index (χ1) is 27.6. The van der Waals surface area contributed by atoms with Crippen molar-refractivity contribution in [1.82, 2.24) is 0 Å². The monoisotopic (exact) mass is 816 g/mol. The maximum absolute atomic E-state index is 14.1. The van der Waals surface area contributed by atoms with Crippen LogP contribution in [-0.2, 0) is 52.2 Å². The van der Waals surface area contributed by atoms with Gasteiger partial charge in [-0.15, -0.1) is 0 Å². The molecule has 14 nitrogen and oxygen atoms in total. The van der Waals surface area contributed by atoms with E-state index < -0.39 is 90.8 Å². The molecule has 6 aliphatic heterocycles. The molecular weight excluding hydrogens is 752 g/mol. The van der Waals surface area contributed by atoms with Gasteiger partial charge < -0.3 is 62.7 Å². The molecule has 0 radical (unpaired) electrons. The van der Waals surface area contributed by atoms with Gasteiger partial charge in [0.05, 0.1) is 49.8 Å². The highest BCUT2D eigenvalue weighted by Crippen LogP contribution is 2.46. The summed E-state index contributed by atoms with van der Waals surface area (Å²) in [5.41, 5.74) is 0.141. The van der Waals surface area contributed by atoms with E-state index in [1.54, 1.807) is 40.2 Å². The lowest BCUT2D eigenvalue weighted by atomic mass is 9.71. The number of allylic oxidation sites excluding steroid dienone is 2. The van der Waals surface area contributed by atoms with Crippen molar-refractivity contribution in [2.24, 2.45) is 17.8 Å². The van der Waals surface area contributed by atoms with Gasteiger partial charge >= 0.3 is 5.97 Å². The number of carbonyl (C=O) groups excluding carboxylic acids is 1. The molecule has 0 aromatic heterocycles. The van der Waals surface area contributed by atoms with Crippen LogP contribution in [0, 0.1) is 17.8 Å². The summed E-state index contributed by atoms with van der Waals surface area (Å²) in [6.45, 7) is 12.1. The molecule has 0 unspecified atom stereocenters. The number of aliphatic hydroxyl groups is 3. The number of hydrogen-bond donors (Lipinski definition) is 3. The van der Waals surface area contributed by atoms with Gasteiger partial charge in [0.2, 0.25) is 0 Å². The van der Waals surface area contributed by atoms with Gasteiger partial charge in [0, 0.05) is 45.8 Å². The summed E-state index contributed by atoms with van der Waals surface area (Å²) in [5, 5.41) is 34.0. The highest BCUT2D eigenvalue weighted by Gasteiger charge is 2.60. The molecule has 0 amide bonds. The van der Waals surface area contributed by atoms with Crippen molar-refractivity contribution < 1.29 is 67.5 Å². The highest BCUT2D eigenvalue weighted by molar-refractivity contribution is 5.78. The van der Waals surface area contributed by atoms with E-state index in [0.29, 0.717) is 49.9 Å². The number of fused-ring (bicyclic) bond motifs is 2. The van der Waals surface area contributed by atoms with Crippen LogP contribution < -0.4 is 0 Å². The third-order valence-corrected chi connectivity index (χ3v) is 13.1. The number of aliphatic hydroxyl groups excluding tert-OH is 2. The largest absolute Gasteiger partial charge is 0.462 e. The van der Waals surface area contributed by atoms with Crippen LogP contribution in [0.3, 0.4) is 0 Å². The summed E-state index contributed by atoms with van der Waals surface area (Å²) in [5.74, 6) is -2.73. The number of rotatable bonds is 6. The van der Waals surface area contributed by atoms with Crippen molar-refractivity contribution >= 4 is 5.97 Å². The van der Waals surface area contributed by atoms with Crippen LogP contribution >= 0.6 is 0 Å². The topological polar surface area (TPSA) is 170 Å². The van der Waals surface area contributed by atoms with E-state index in [2.05, 4.69) is 26.0 Å². The minimum Gasteiger partial charge on any atom is -0.462 e. The fraction of sp³-hybridized carbons (Fsp3) is 0.750. The second kappa shape index (κ2) is 18.0. The van der Waals surface area contributed by atoms with Gasteiger partial charge in [-0.05, 0) is 62.8 Å². The molecule has 324 valence electrons. The molecule has 7 rings (SSSR count). The van der Waals surface area contributed by atoms with Crippen molar-refractivity contribution in [2.75, 3.05) is 27.4 Å². The Labute approximate surface area is 342 Å². The summed E-state index contributed by atoms with van der Waals surface area (Å²) in [4.78, 5) is 14.1. The molecule has 4 saturated heterocycles. The molecule has 0 saturated carbocycles. The summed E-state index contributed by atoms with van der Waals surface area (Å²) in [6.07, 6.45) is 7.64. The Bertz CT molecular complexity index is 1620. The summed E-state index contributed by atoms with van der Waals surface area (Å²) in [6, 6.07) is 0. The number of hydrogen-bond acceptors (Lipinski definition) is 14. The van der Waals surface area contributed by atoms with Crippen LogP contribution in [0.5, 0.6) is 0 Å². The normalized spacial score (nSPS) is 49.8. The maximum atomic E-state index is 14.1. The maximum Gasteiger partial charge on any atom is 0.316 e. The van der Waals surface area contributed by atoms with Crippen LogP contribution in [0.1, 0.15) is 73.6 Å². The average molecular weight is 817 g/mol. The Morgan fingerprint density at radius 2 is 1.60 bits per heavy atom. The third kappa shape index (κ3) is 8.86. The zero-order valence-electron chi connectivity index (χ0n) is 35.1. The molecule has 1 aliphatic carbocycles. The van der Waals surface area contributed by atoms with Gasteiger partial charge in [0.25, 0.3) is 0 Å². The van der Waals surface area contributed by atoms with Crippen LogP contribution in [-0.4, -0.2) is 140 Å². The van der Waals surface area contributed by atoms with E-state index >= 15 is 0 Å². The highest BCUT2D eigenvalue weighted by atomic mass is 16.7. The Kier molecular flexibility index (Phi) is 13.6. The van der Waals surface area contributed by atoms with Crippen molar-refractivity contribution in [3.8, 4) is 0 Å². The molecule has 0 aromatic rings. The van der Waals surface area contributed by atoms with Crippen molar-refractivity contribution in [3.05, 3.63) is 59.3 Å². The van der Waals surface area contributed by atoms with Gasteiger partial charge in [-0.3, -0.25) is 4.79 Å². The van der Waals surface area contributed by atoms with Gasteiger partial charge in [0.1, 0.15) is 42.0 Å². The van der Waals surface area contributed by atoms with Crippen LogP contribution in [0.4, 0.5) is 0 Å². The second-order valence-electron chi connectivity index (χ2n) is 17.4. The lowest BCUT2D eigenvalue weighted by molar-refractivity contribution is -0.318. The summed E-state index contributed by atoms with van der Waals surface area (Å²) >= 11 is 0. The third-order valence-electron chi connectivity index (χ3n) is 13.1. The zero-order chi connectivity index (χ0) is 41.5. The van der Waals surface area contributed by atoms with E-state index in [1.165, 1.54) is 0 Å². The molecule has 6 heterocycles. The first kappa shape index (κ1) is 43.8. The lowest BCUT2D eigenvalue weighted by Gasteiger charge is -2.45. The smallest absolute Gasteiger partial charge is 0.316 e. The van der Waals surface area contributed by atoms with Crippen molar-refractivity contribution in [1.29, 1.82) is 0 Å². The first-order valence-electron chi connectivity index (χ1n) is 21.0. The first-order valence-corrected chi connectivity index (χ1v) is 21.0. The van der Waals surface area contributed by atoms with E-state index in [-0.39, 0.29) is 30.7 Å². The number of carbonyl (C=O) groups is 1. The zero-order valence-corrected chi connectivity index (χ0v) is 35.1. The van der Waals surface area contributed by atoms with Gasteiger partial charge in [-0.25, -0.2) is 0 Å². The Morgan fingerprint density at radius 3 is 2.33 bits per heavy atom. The number of ether oxygens (including phenoxy) is 10. The van der Waals surface area contributed by atoms with E-state index in [1.807, 2.05) is 32.1 Å². The number of methoxy groups -OCH3 is 2. The minimum atomic E-state index is -1.82. The Morgan fingerprint density at radius 1 is 0.879 bits per heavy atom. The SMILES string of the molecule is CO[C@H]1C[C@H](O[C@H]2[C@H](C)O[C@@H](O[C@@H]3/C(C)=C/C[C@@H]4C[C@@H](C[C@]5(C=C[C@H](C)CO5)O4)OC(=O)[C@@H]4C=C(C)[C@@H](O)[C@H]5OC/C(=C\C=C\[C@@H]3C)[C@]54O)C[C@@H]2OC)O[C@@H](C)[C@@H]1O. The van der Waals surface area contributed by atoms with Crippen LogP contribution in [0.2, 0.25) is 0 Å². The molecule has 2 bridgehead atoms. The van der Waals surface area contributed by atoms with E-state index in [4.69, 9.17) is 47.4 Å². The van der Waals surface area contributed by atoms with Gasteiger partial charge in [-0.2, -0.15) is 0 Å². The Balaban J connectivity index is 1.16. The van der Waals surface area contributed by atoms with E-state index in [9.17, 15) is 20.1 Å². The molecule has 7 aliphatic rings.